The number of ether oxygens (including phenoxy) is 1. The van der Waals surface area contributed by atoms with Crippen LogP contribution in [-0.4, -0.2) is 33.0 Å². The average Bonchev–Trinajstić information content (AvgIpc) is 2.97. The van der Waals surface area contributed by atoms with Crippen molar-refractivity contribution in [2.24, 2.45) is 5.92 Å². The van der Waals surface area contributed by atoms with Gasteiger partial charge in [0.05, 0.1) is 11.4 Å². The first-order chi connectivity index (χ1) is 16.0. The molecule has 1 aliphatic rings. The third kappa shape index (κ3) is 4.44. The second kappa shape index (κ2) is 8.66. The molecular formula is C24H21F4NO5. The molecule has 10 heteroatoms. The van der Waals surface area contributed by atoms with Gasteiger partial charge in [0.1, 0.15) is 5.75 Å². The van der Waals surface area contributed by atoms with Crippen molar-refractivity contribution in [1.29, 1.82) is 0 Å². The number of carbonyl (C=O) groups is 2. The number of carboxylic acids is 1. The van der Waals surface area contributed by atoms with E-state index in [1.165, 1.54) is 6.92 Å². The van der Waals surface area contributed by atoms with Crippen molar-refractivity contribution in [3.8, 4) is 11.5 Å². The summed E-state index contributed by atoms with van der Waals surface area (Å²) in [5.74, 6) is -4.74. The Kier molecular flexibility index (Phi) is 6.01. The highest BCUT2D eigenvalue weighted by molar-refractivity contribution is 6.05. The first-order valence-electron chi connectivity index (χ1n) is 10.6. The van der Waals surface area contributed by atoms with E-state index in [0.717, 1.165) is 60.2 Å². The molecule has 0 radical (unpaired) electrons. The number of carbonyl (C=O) groups excluding carboxylic acids is 1. The summed E-state index contributed by atoms with van der Waals surface area (Å²) in [6, 6.07) is 6.27. The van der Waals surface area contributed by atoms with Crippen molar-refractivity contribution in [1.82, 2.24) is 4.57 Å². The molecule has 0 unspecified atom stereocenters. The van der Waals surface area contributed by atoms with Gasteiger partial charge in [-0.05, 0) is 55.2 Å². The second-order valence-corrected chi connectivity index (χ2v) is 8.46. The van der Waals surface area contributed by atoms with Gasteiger partial charge in [0.15, 0.2) is 11.6 Å². The number of hydrogen-bond donors (Lipinski definition) is 2. The molecule has 1 heterocycles. The number of benzene rings is 2. The standard InChI is InChI=1S/C24H21F4NO5/c1-12-21(17(23(32)33)9-13-3-2-4-13)16-10-20(30)18(25)11-19(16)29(12)22(31)14-5-7-15(8-6-14)34-24(26,27)28/h5-8,10-11,13,17,30H,2-4,9H2,1H3,(H,32,33)/t17-/m0/s1. The molecule has 180 valence electrons. The Labute approximate surface area is 191 Å². The van der Waals surface area contributed by atoms with Crippen molar-refractivity contribution >= 4 is 22.8 Å². The Bertz CT molecular complexity index is 1260. The van der Waals surface area contributed by atoms with Crippen molar-refractivity contribution in [2.45, 2.75) is 44.9 Å². The molecule has 0 bridgehead atoms. The van der Waals surface area contributed by atoms with Crippen LogP contribution in [0, 0.1) is 18.7 Å². The van der Waals surface area contributed by atoms with Gasteiger partial charge >= 0.3 is 12.3 Å². The Morgan fingerprint density at radius 3 is 2.35 bits per heavy atom. The van der Waals surface area contributed by atoms with E-state index in [4.69, 9.17) is 0 Å². The van der Waals surface area contributed by atoms with Crippen LogP contribution in [0.25, 0.3) is 10.9 Å². The summed E-state index contributed by atoms with van der Waals surface area (Å²) in [4.78, 5) is 25.5. The molecule has 1 atom stereocenters. The number of halogens is 4. The molecule has 1 saturated carbocycles. The Balaban J connectivity index is 1.82. The van der Waals surface area contributed by atoms with Gasteiger partial charge in [-0.25, -0.2) is 4.39 Å². The maximum absolute atomic E-state index is 14.3. The van der Waals surface area contributed by atoms with E-state index in [2.05, 4.69) is 4.74 Å². The van der Waals surface area contributed by atoms with E-state index in [9.17, 15) is 37.4 Å². The van der Waals surface area contributed by atoms with Gasteiger partial charge < -0.3 is 14.9 Å². The highest BCUT2D eigenvalue weighted by Gasteiger charge is 2.34. The van der Waals surface area contributed by atoms with Gasteiger partial charge in [0.2, 0.25) is 0 Å². The van der Waals surface area contributed by atoms with Crippen molar-refractivity contribution < 1.29 is 42.1 Å². The van der Waals surface area contributed by atoms with Crippen LogP contribution in [0.1, 0.15) is 53.2 Å². The lowest BCUT2D eigenvalue weighted by atomic mass is 9.77. The fraction of sp³-hybridized carbons (Fsp3) is 0.333. The van der Waals surface area contributed by atoms with Gasteiger partial charge in [-0.15, -0.1) is 13.2 Å². The minimum atomic E-state index is -4.89. The predicted octanol–water partition coefficient (Wildman–Crippen LogP) is 5.74. The van der Waals surface area contributed by atoms with Gasteiger partial charge in [0, 0.05) is 22.7 Å². The number of aromatic nitrogens is 1. The summed E-state index contributed by atoms with van der Waals surface area (Å²) in [5, 5.41) is 20.1. The first kappa shape index (κ1) is 23.6. The SMILES string of the molecule is Cc1c([C@H](CC2CCC2)C(=O)O)c2cc(O)c(F)cc2n1C(=O)c1ccc(OC(F)(F)F)cc1. The number of hydrogen-bond acceptors (Lipinski definition) is 4. The first-order valence-corrected chi connectivity index (χ1v) is 10.6. The molecule has 3 aromatic rings. The summed E-state index contributed by atoms with van der Waals surface area (Å²) in [6.45, 7) is 1.53. The monoisotopic (exact) mass is 479 g/mol. The maximum Gasteiger partial charge on any atom is 0.573 e. The zero-order valence-corrected chi connectivity index (χ0v) is 18.0. The molecule has 34 heavy (non-hydrogen) atoms. The van der Waals surface area contributed by atoms with Gasteiger partial charge in [0.25, 0.3) is 5.91 Å². The molecule has 0 saturated heterocycles. The Morgan fingerprint density at radius 2 is 1.82 bits per heavy atom. The smallest absolute Gasteiger partial charge is 0.505 e. The second-order valence-electron chi connectivity index (χ2n) is 8.46. The molecule has 1 aromatic heterocycles. The number of phenols is 1. The number of nitrogens with zero attached hydrogens (tertiary/aromatic N) is 1. The molecule has 2 aromatic carbocycles. The molecule has 4 rings (SSSR count). The van der Waals surface area contributed by atoms with E-state index >= 15 is 0 Å². The quantitative estimate of drug-likeness (QED) is 0.440. The van der Waals surface area contributed by atoms with E-state index in [1.807, 2.05) is 0 Å². The molecule has 0 amide bonds. The van der Waals surface area contributed by atoms with Crippen LogP contribution in [-0.2, 0) is 4.79 Å². The summed E-state index contributed by atoms with van der Waals surface area (Å²) in [7, 11) is 0. The zero-order valence-electron chi connectivity index (χ0n) is 18.0. The molecule has 1 aliphatic carbocycles. The van der Waals surface area contributed by atoms with Crippen LogP contribution >= 0.6 is 0 Å². The van der Waals surface area contributed by atoms with Crippen LogP contribution in [0.5, 0.6) is 11.5 Å². The van der Waals surface area contributed by atoms with E-state index in [-0.39, 0.29) is 28.1 Å². The van der Waals surface area contributed by atoms with Crippen LogP contribution in [0.2, 0.25) is 0 Å². The van der Waals surface area contributed by atoms with E-state index < -0.39 is 41.5 Å². The van der Waals surface area contributed by atoms with Gasteiger partial charge in [-0.2, -0.15) is 0 Å². The summed E-state index contributed by atoms with van der Waals surface area (Å²) < 4.78 is 56.5. The average molecular weight is 479 g/mol. The highest BCUT2D eigenvalue weighted by Crippen LogP contribution is 2.42. The van der Waals surface area contributed by atoms with E-state index in [1.54, 1.807) is 0 Å². The molecule has 2 N–H and O–H groups in total. The number of rotatable bonds is 6. The fourth-order valence-corrected chi connectivity index (χ4v) is 4.48. The number of aromatic hydroxyl groups is 1. The fourth-order valence-electron chi connectivity index (χ4n) is 4.48. The van der Waals surface area contributed by atoms with Crippen LogP contribution < -0.4 is 4.74 Å². The maximum atomic E-state index is 14.3. The number of carboxylic acid groups (broad SMARTS) is 1. The predicted molar refractivity (Wildman–Crippen MR) is 113 cm³/mol. The number of aliphatic carboxylic acids is 1. The molecule has 6 nitrogen and oxygen atoms in total. The van der Waals surface area contributed by atoms with Crippen LogP contribution in [0.4, 0.5) is 17.6 Å². The number of alkyl halides is 3. The lowest BCUT2D eigenvalue weighted by Crippen LogP contribution is -2.21. The molecular weight excluding hydrogens is 458 g/mol. The topological polar surface area (TPSA) is 88.8 Å². The molecule has 1 fully saturated rings. The van der Waals surface area contributed by atoms with Gasteiger partial charge in [-0.1, -0.05) is 19.3 Å². The lowest BCUT2D eigenvalue weighted by Gasteiger charge is -2.28. The molecule has 0 spiro atoms. The van der Waals surface area contributed by atoms with Crippen LogP contribution in [0.3, 0.4) is 0 Å². The Hall–Kier alpha value is -3.56. The minimum absolute atomic E-state index is 0.0135. The van der Waals surface area contributed by atoms with Gasteiger partial charge in [-0.3, -0.25) is 14.2 Å². The zero-order chi connectivity index (χ0) is 24.8. The van der Waals surface area contributed by atoms with E-state index in [0.29, 0.717) is 12.0 Å². The molecule has 0 aliphatic heterocycles. The van der Waals surface area contributed by atoms with Crippen molar-refractivity contribution in [2.75, 3.05) is 0 Å². The number of fused-ring (bicyclic) bond motifs is 1. The lowest BCUT2D eigenvalue weighted by molar-refractivity contribution is -0.274. The largest absolute Gasteiger partial charge is 0.573 e. The normalized spacial score (nSPS) is 15.2. The number of phenolic OH excluding ortho intramolecular Hbond substituents is 1. The summed E-state index contributed by atoms with van der Waals surface area (Å²) in [5.41, 5.74) is 0.603. The van der Waals surface area contributed by atoms with Crippen molar-refractivity contribution in [3.05, 3.63) is 59.0 Å². The highest BCUT2D eigenvalue weighted by atomic mass is 19.4. The third-order valence-electron chi connectivity index (χ3n) is 6.30. The Morgan fingerprint density at radius 1 is 1.18 bits per heavy atom. The third-order valence-corrected chi connectivity index (χ3v) is 6.30. The van der Waals surface area contributed by atoms with Crippen LogP contribution in [0.15, 0.2) is 36.4 Å². The minimum Gasteiger partial charge on any atom is -0.505 e. The van der Waals surface area contributed by atoms with Crippen molar-refractivity contribution in [3.63, 3.8) is 0 Å². The summed E-state index contributed by atoms with van der Waals surface area (Å²) in [6.07, 6.45) is -1.75. The summed E-state index contributed by atoms with van der Waals surface area (Å²) >= 11 is 0.